The summed E-state index contributed by atoms with van der Waals surface area (Å²) in [5.74, 6) is 0.284. The van der Waals surface area contributed by atoms with E-state index >= 15 is 0 Å². The molecule has 1 unspecified atom stereocenters. The number of amides is 2. The molecule has 2 N–H and O–H groups in total. The first-order chi connectivity index (χ1) is 6.49. The Labute approximate surface area is 89.2 Å². The van der Waals surface area contributed by atoms with Crippen molar-refractivity contribution in [3.05, 3.63) is 0 Å². The van der Waals surface area contributed by atoms with Gasteiger partial charge in [-0.25, -0.2) is 0 Å². The summed E-state index contributed by atoms with van der Waals surface area (Å²) in [6.45, 7) is 2.89. The fraction of sp³-hybridized carbons (Fsp3) is 0.778. The summed E-state index contributed by atoms with van der Waals surface area (Å²) in [7, 11) is 0. The molecule has 0 aliphatic carbocycles. The van der Waals surface area contributed by atoms with Crippen LogP contribution >= 0.6 is 12.6 Å². The van der Waals surface area contributed by atoms with Crippen molar-refractivity contribution in [1.82, 2.24) is 4.90 Å². The molecule has 0 aromatic carbocycles. The van der Waals surface area contributed by atoms with E-state index in [-0.39, 0.29) is 11.8 Å². The molecule has 1 aliphatic rings. The van der Waals surface area contributed by atoms with Crippen molar-refractivity contribution in [3.8, 4) is 0 Å². The average Bonchev–Trinajstić information content (AvgIpc) is 2.50. The van der Waals surface area contributed by atoms with Crippen molar-refractivity contribution in [2.45, 2.75) is 19.8 Å². The Morgan fingerprint density at radius 3 is 2.64 bits per heavy atom. The number of hydrogen-bond donors (Lipinski definition) is 2. The van der Waals surface area contributed by atoms with Crippen LogP contribution in [-0.4, -0.2) is 35.6 Å². The molecule has 14 heavy (non-hydrogen) atoms. The lowest BCUT2D eigenvalue weighted by molar-refractivity contribution is -0.131. The molecule has 1 atom stereocenters. The zero-order valence-electron chi connectivity index (χ0n) is 8.32. The van der Waals surface area contributed by atoms with Crippen LogP contribution in [0.3, 0.4) is 0 Å². The lowest BCUT2D eigenvalue weighted by Crippen LogP contribution is -2.38. The summed E-state index contributed by atoms with van der Waals surface area (Å²) in [4.78, 5) is 24.3. The van der Waals surface area contributed by atoms with Gasteiger partial charge in [0.25, 0.3) is 0 Å². The van der Waals surface area contributed by atoms with Gasteiger partial charge in [0.1, 0.15) is 0 Å². The molecule has 1 heterocycles. The highest BCUT2D eigenvalue weighted by Gasteiger charge is 2.40. The third-order valence-corrected chi connectivity index (χ3v) is 2.97. The van der Waals surface area contributed by atoms with E-state index in [1.165, 1.54) is 0 Å². The van der Waals surface area contributed by atoms with Gasteiger partial charge in [0.05, 0.1) is 5.41 Å². The Hall–Kier alpha value is -0.710. The van der Waals surface area contributed by atoms with Crippen molar-refractivity contribution < 1.29 is 9.59 Å². The van der Waals surface area contributed by atoms with E-state index in [1.807, 2.05) is 6.92 Å². The molecule has 1 saturated heterocycles. The molecule has 0 bridgehead atoms. The summed E-state index contributed by atoms with van der Waals surface area (Å²) < 4.78 is 0. The smallest absolute Gasteiger partial charge is 0.225 e. The summed E-state index contributed by atoms with van der Waals surface area (Å²) in [5, 5.41) is 0. The number of carbonyl (C=O) groups is 2. The van der Waals surface area contributed by atoms with E-state index in [0.717, 1.165) is 0 Å². The fourth-order valence-electron chi connectivity index (χ4n) is 1.63. The first kappa shape index (κ1) is 11.4. The maximum Gasteiger partial charge on any atom is 0.225 e. The van der Waals surface area contributed by atoms with Crippen molar-refractivity contribution in [2.75, 3.05) is 18.8 Å². The van der Waals surface area contributed by atoms with Gasteiger partial charge >= 0.3 is 0 Å². The van der Waals surface area contributed by atoms with Gasteiger partial charge in [-0.1, -0.05) is 0 Å². The first-order valence-corrected chi connectivity index (χ1v) is 5.31. The van der Waals surface area contributed by atoms with Crippen LogP contribution in [0.4, 0.5) is 0 Å². The number of rotatable bonds is 3. The van der Waals surface area contributed by atoms with Gasteiger partial charge < -0.3 is 10.6 Å². The van der Waals surface area contributed by atoms with Crippen LogP contribution < -0.4 is 5.73 Å². The molecule has 2 amide bonds. The minimum Gasteiger partial charge on any atom is -0.369 e. The number of hydrogen-bond acceptors (Lipinski definition) is 3. The van der Waals surface area contributed by atoms with Crippen LogP contribution in [0.15, 0.2) is 0 Å². The van der Waals surface area contributed by atoms with Crippen molar-refractivity contribution in [1.29, 1.82) is 0 Å². The SMILES string of the molecule is CC1(C(N)=O)CCN(C(=O)CCS)C1. The molecule has 0 spiro atoms. The van der Waals surface area contributed by atoms with E-state index in [1.54, 1.807) is 4.90 Å². The highest BCUT2D eigenvalue weighted by Crippen LogP contribution is 2.29. The third kappa shape index (κ3) is 2.20. The van der Waals surface area contributed by atoms with Gasteiger partial charge in [0, 0.05) is 19.5 Å². The van der Waals surface area contributed by atoms with Crippen LogP contribution in [0.1, 0.15) is 19.8 Å². The van der Waals surface area contributed by atoms with Gasteiger partial charge in [-0.05, 0) is 19.1 Å². The van der Waals surface area contributed by atoms with Gasteiger partial charge in [0.15, 0.2) is 0 Å². The second-order valence-electron chi connectivity index (χ2n) is 3.96. The summed E-state index contributed by atoms with van der Waals surface area (Å²) in [6, 6.07) is 0. The summed E-state index contributed by atoms with van der Waals surface area (Å²) in [6.07, 6.45) is 1.10. The summed E-state index contributed by atoms with van der Waals surface area (Å²) >= 11 is 4.00. The topological polar surface area (TPSA) is 63.4 Å². The molecule has 1 fully saturated rings. The number of nitrogens with two attached hydrogens (primary N) is 1. The second-order valence-corrected chi connectivity index (χ2v) is 4.41. The maximum atomic E-state index is 11.5. The molecule has 0 radical (unpaired) electrons. The Bertz CT molecular complexity index is 257. The average molecular weight is 216 g/mol. The molecule has 0 saturated carbocycles. The monoisotopic (exact) mass is 216 g/mol. The zero-order valence-corrected chi connectivity index (χ0v) is 9.22. The predicted octanol–water partition coefficient (Wildman–Crippen LogP) is 0.0302. The first-order valence-electron chi connectivity index (χ1n) is 4.68. The van der Waals surface area contributed by atoms with Gasteiger partial charge in [-0.15, -0.1) is 0 Å². The largest absolute Gasteiger partial charge is 0.369 e. The standard InChI is InChI=1S/C9H16N2O2S/c1-9(8(10)13)3-4-11(6-9)7(12)2-5-14/h14H,2-6H2,1H3,(H2,10,13). The van der Waals surface area contributed by atoms with Crippen LogP contribution in [0.5, 0.6) is 0 Å². The Morgan fingerprint density at radius 2 is 2.21 bits per heavy atom. The van der Waals surface area contributed by atoms with Crippen LogP contribution in [0.25, 0.3) is 0 Å². The summed E-state index contributed by atoms with van der Waals surface area (Å²) in [5.41, 5.74) is 4.74. The predicted molar refractivity (Wildman–Crippen MR) is 57.0 cm³/mol. The van der Waals surface area contributed by atoms with E-state index in [4.69, 9.17) is 5.73 Å². The number of primary amides is 1. The van der Waals surface area contributed by atoms with Crippen LogP contribution in [0, 0.1) is 5.41 Å². The van der Waals surface area contributed by atoms with Gasteiger partial charge in [-0.2, -0.15) is 12.6 Å². The molecular formula is C9H16N2O2S. The molecule has 4 nitrogen and oxygen atoms in total. The van der Waals surface area contributed by atoms with Crippen molar-refractivity contribution in [2.24, 2.45) is 11.1 Å². The zero-order chi connectivity index (χ0) is 10.8. The Morgan fingerprint density at radius 1 is 1.57 bits per heavy atom. The molecule has 0 aromatic rings. The highest BCUT2D eigenvalue weighted by atomic mass is 32.1. The molecular weight excluding hydrogens is 200 g/mol. The fourth-order valence-corrected chi connectivity index (χ4v) is 1.82. The van der Waals surface area contributed by atoms with Crippen LogP contribution in [-0.2, 0) is 9.59 Å². The minimum absolute atomic E-state index is 0.0602. The highest BCUT2D eigenvalue weighted by molar-refractivity contribution is 7.80. The van der Waals surface area contributed by atoms with Gasteiger partial charge in [0.2, 0.25) is 11.8 Å². The minimum atomic E-state index is -0.535. The third-order valence-electron chi connectivity index (χ3n) is 2.75. The molecule has 1 aliphatic heterocycles. The molecule has 5 heteroatoms. The normalized spacial score (nSPS) is 26.6. The molecule has 80 valence electrons. The number of likely N-dealkylation sites (tertiary alicyclic amines) is 1. The van der Waals surface area contributed by atoms with E-state index < -0.39 is 5.41 Å². The molecule has 0 aromatic heterocycles. The lowest BCUT2D eigenvalue weighted by Gasteiger charge is -2.20. The number of nitrogens with zero attached hydrogens (tertiary/aromatic N) is 1. The van der Waals surface area contributed by atoms with E-state index in [0.29, 0.717) is 31.7 Å². The van der Waals surface area contributed by atoms with Crippen LogP contribution in [0.2, 0.25) is 0 Å². The Kier molecular flexibility index (Phi) is 3.42. The molecule has 1 rings (SSSR count). The van der Waals surface area contributed by atoms with E-state index in [9.17, 15) is 9.59 Å². The van der Waals surface area contributed by atoms with Gasteiger partial charge in [-0.3, -0.25) is 9.59 Å². The maximum absolute atomic E-state index is 11.5. The Balaban J connectivity index is 2.56. The van der Waals surface area contributed by atoms with Crippen molar-refractivity contribution >= 4 is 24.4 Å². The quantitative estimate of drug-likeness (QED) is 0.654. The number of thiol groups is 1. The lowest BCUT2D eigenvalue weighted by atomic mass is 9.89. The van der Waals surface area contributed by atoms with E-state index in [2.05, 4.69) is 12.6 Å². The number of carbonyl (C=O) groups excluding carboxylic acids is 2. The van der Waals surface area contributed by atoms with Crippen molar-refractivity contribution in [3.63, 3.8) is 0 Å². The second kappa shape index (κ2) is 4.21.